The molecule has 0 saturated carbocycles. The number of esters is 2. The summed E-state index contributed by atoms with van der Waals surface area (Å²) in [6.45, 7) is 0. The van der Waals surface area contributed by atoms with Crippen molar-refractivity contribution in [2.45, 2.75) is 11.6 Å². The Kier molecular flexibility index (Phi) is 4.87. The number of carbonyl (C=O) groups excluding carboxylic acids is 4. The Bertz CT molecular complexity index is 991. The van der Waals surface area contributed by atoms with E-state index in [1.54, 1.807) is 54.6 Å². The minimum Gasteiger partial charge on any atom is -0.467 e. The van der Waals surface area contributed by atoms with E-state index in [0.29, 0.717) is 11.3 Å². The summed E-state index contributed by atoms with van der Waals surface area (Å²) < 4.78 is 9.79. The van der Waals surface area contributed by atoms with E-state index in [-0.39, 0.29) is 0 Å². The van der Waals surface area contributed by atoms with E-state index in [0.717, 1.165) is 19.1 Å². The Hall–Kier alpha value is -3.52. The fourth-order valence-corrected chi connectivity index (χ4v) is 4.47. The maximum atomic E-state index is 13.5. The molecule has 2 aromatic rings. The molecule has 2 aliphatic rings. The molecule has 0 radical (unpaired) electrons. The number of nitrogens with one attached hydrogen (secondary N) is 1. The molecule has 2 saturated heterocycles. The Morgan fingerprint density at radius 3 is 1.93 bits per heavy atom. The number of anilines is 1. The normalized spacial score (nSPS) is 24.5. The summed E-state index contributed by atoms with van der Waals surface area (Å²) in [4.78, 5) is 53.7. The first-order valence-corrected chi connectivity index (χ1v) is 9.39. The number of imide groups is 1. The summed E-state index contributed by atoms with van der Waals surface area (Å²) in [5.41, 5.74) is -1.10. The van der Waals surface area contributed by atoms with Gasteiger partial charge in [0.05, 0.1) is 31.7 Å². The SMILES string of the molecule is COC(=O)C1(C(=O)OC)N[C@H](c2ccccc2)[C@@H]2C(=O)N(c3ccccc3)C(=O)[C@@H]21. The maximum Gasteiger partial charge on any atom is 0.338 e. The molecule has 1 N–H and O–H groups in total. The van der Waals surface area contributed by atoms with Gasteiger partial charge in [0.1, 0.15) is 0 Å². The van der Waals surface area contributed by atoms with Crippen LogP contribution in [0.5, 0.6) is 0 Å². The minimum absolute atomic E-state index is 0.373. The van der Waals surface area contributed by atoms with Gasteiger partial charge >= 0.3 is 11.9 Å². The van der Waals surface area contributed by atoms with Gasteiger partial charge in [0.25, 0.3) is 0 Å². The van der Waals surface area contributed by atoms with Crippen LogP contribution in [0.2, 0.25) is 0 Å². The summed E-state index contributed by atoms with van der Waals surface area (Å²) in [6.07, 6.45) is 0. The molecule has 154 valence electrons. The van der Waals surface area contributed by atoms with Crippen molar-refractivity contribution in [1.29, 1.82) is 0 Å². The van der Waals surface area contributed by atoms with Crippen molar-refractivity contribution < 1.29 is 28.7 Å². The fraction of sp³-hybridized carbons (Fsp3) is 0.273. The third-order valence-corrected chi connectivity index (χ3v) is 5.75. The van der Waals surface area contributed by atoms with Crippen molar-refractivity contribution in [2.24, 2.45) is 11.8 Å². The van der Waals surface area contributed by atoms with Crippen LogP contribution in [-0.4, -0.2) is 43.5 Å². The van der Waals surface area contributed by atoms with E-state index >= 15 is 0 Å². The highest BCUT2D eigenvalue weighted by Crippen LogP contribution is 2.50. The highest BCUT2D eigenvalue weighted by Gasteiger charge is 2.73. The van der Waals surface area contributed by atoms with E-state index < -0.39 is 47.2 Å². The number of ether oxygens (including phenoxy) is 2. The smallest absolute Gasteiger partial charge is 0.338 e. The number of benzene rings is 2. The zero-order valence-electron chi connectivity index (χ0n) is 16.4. The molecule has 4 rings (SSSR count). The zero-order valence-corrected chi connectivity index (χ0v) is 16.4. The molecule has 2 aromatic carbocycles. The van der Waals surface area contributed by atoms with Gasteiger partial charge in [-0.05, 0) is 17.7 Å². The summed E-state index contributed by atoms with van der Waals surface area (Å²) in [7, 11) is 2.24. The molecule has 2 aliphatic heterocycles. The zero-order chi connectivity index (χ0) is 21.5. The second-order valence-corrected chi connectivity index (χ2v) is 7.17. The fourth-order valence-electron chi connectivity index (χ4n) is 4.47. The van der Waals surface area contributed by atoms with Crippen molar-refractivity contribution in [1.82, 2.24) is 5.32 Å². The van der Waals surface area contributed by atoms with Gasteiger partial charge in [0.2, 0.25) is 17.4 Å². The lowest BCUT2D eigenvalue weighted by Gasteiger charge is -2.29. The number of fused-ring (bicyclic) bond motifs is 1. The number of amides is 2. The molecule has 3 atom stereocenters. The monoisotopic (exact) mass is 408 g/mol. The van der Waals surface area contributed by atoms with Crippen molar-refractivity contribution >= 4 is 29.4 Å². The van der Waals surface area contributed by atoms with Gasteiger partial charge in [-0.3, -0.25) is 14.9 Å². The summed E-state index contributed by atoms with van der Waals surface area (Å²) >= 11 is 0. The molecule has 0 aliphatic carbocycles. The predicted molar refractivity (Wildman–Crippen MR) is 105 cm³/mol. The Labute approximate surface area is 172 Å². The number of methoxy groups -OCH3 is 2. The van der Waals surface area contributed by atoms with Gasteiger partial charge < -0.3 is 9.47 Å². The standard InChI is InChI=1S/C22H20N2O6/c1-29-20(27)22(21(28)30-2)16-15(17(23-22)13-9-5-3-6-10-13)18(25)24(19(16)26)14-11-7-4-8-12-14/h3-12,15-17,23H,1-2H3/t15-,16-,17-/m1/s1. The molecular weight excluding hydrogens is 388 g/mol. The van der Waals surface area contributed by atoms with Gasteiger partial charge in [-0.15, -0.1) is 0 Å². The van der Waals surface area contributed by atoms with Crippen LogP contribution in [0.3, 0.4) is 0 Å². The van der Waals surface area contributed by atoms with Gasteiger partial charge in [-0.1, -0.05) is 48.5 Å². The van der Waals surface area contributed by atoms with Crippen molar-refractivity contribution in [2.75, 3.05) is 19.1 Å². The van der Waals surface area contributed by atoms with Gasteiger partial charge in [-0.25, -0.2) is 14.5 Å². The third-order valence-electron chi connectivity index (χ3n) is 5.75. The first kappa shape index (κ1) is 19.8. The van der Waals surface area contributed by atoms with Gasteiger partial charge in [-0.2, -0.15) is 0 Å². The van der Waals surface area contributed by atoms with E-state index in [9.17, 15) is 19.2 Å². The minimum atomic E-state index is -2.13. The molecule has 0 unspecified atom stereocenters. The second kappa shape index (κ2) is 7.38. The molecule has 0 aromatic heterocycles. The molecule has 0 spiro atoms. The average Bonchev–Trinajstić information content (AvgIpc) is 3.28. The van der Waals surface area contributed by atoms with Crippen molar-refractivity contribution in [3.63, 3.8) is 0 Å². The van der Waals surface area contributed by atoms with E-state index in [1.807, 2.05) is 6.07 Å². The molecule has 2 fully saturated rings. The van der Waals surface area contributed by atoms with Crippen LogP contribution in [0.1, 0.15) is 11.6 Å². The van der Waals surface area contributed by atoms with E-state index in [4.69, 9.17) is 9.47 Å². The second-order valence-electron chi connectivity index (χ2n) is 7.17. The number of carbonyl (C=O) groups is 4. The van der Waals surface area contributed by atoms with Crippen LogP contribution < -0.4 is 10.2 Å². The van der Waals surface area contributed by atoms with Crippen molar-refractivity contribution in [3.05, 3.63) is 66.2 Å². The topological polar surface area (TPSA) is 102 Å². The van der Waals surface area contributed by atoms with Crippen LogP contribution >= 0.6 is 0 Å². The first-order valence-electron chi connectivity index (χ1n) is 9.39. The van der Waals surface area contributed by atoms with Crippen LogP contribution in [0.4, 0.5) is 5.69 Å². The highest BCUT2D eigenvalue weighted by molar-refractivity contribution is 6.27. The molecule has 8 nitrogen and oxygen atoms in total. The lowest BCUT2D eigenvalue weighted by molar-refractivity contribution is -0.166. The largest absolute Gasteiger partial charge is 0.467 e. The van der Waals surface area contributed by atoms with E-state index in [1.165, 1.54) is 0 Å². The molecule has 2 heterocycles. The highest BCUT2D eigenvalue weighted by atomic mass is 16.5. The first-order chi connectivity index (χ1) is 14.5. The third kappa shape index (κ3) is 2.64. The van der Waals surface area contributed by atoms with Crippen molar-refractivity contribution in [3.8, 4) is 0 Å². The number of para-hydroxylation sites is 1. The van der Waals surface area contributed by atoms with Crippen LogP contribution in [0.15, 0.2) is 60.7 Å². The van der Waals surface area contributed by atoms with Crippen LogP contribution in [0.25, 0.3) is 0 Å². The number of hydrogen-bond acceptors (Lipinski definition) is 7. The number of rotatable bonds is 4. The lowest BCUT2D eigenvalue weighted by Crippen LogP contribution is -2.62. The molecular formula is C22H20N2O6. The molecule has 8 heteroatoms. The maximum absolute atomic E-state index is 13.5. The summed E-state index contributed by atoms with van der Waals surface area (Å²) in [5, 5.41) is 2.94. The quantitative estimate of drug-likeness (QED) is 0.461. The van der Waals surface area contributed by atoms with E-state index in [2.05, 4.69) is 5.32 Å². The molecule has 2 amide bonds. The number of hydrogen-bond donors (Lipinski definition) is 1. The Morgan fingerprint density at radius 2 is 1.40 bits per heavy atom. The van der Waals surface area contributed by atoms with Crippen LogP contribution in [0, 0.1) is 11.8 Å². The summed E-state index contributed by atoms with van der Waals surface area (Å²) in [6, 6.07) is 16.5. The average molecular weight is 408 g/mol. The Balaban J connectivity index is 1.91. The van der Waals surface area contributed by atoms with Crippen LogP contribution in [-0.2, 0) is 28.7 Å². The Morgan fingerprint density at radius 1 is 0.867 bits per heavy atom. The van der Waals surface area contributed by atoms with Gasteiger partial charge in [0.15, 0.2) is 0 Å². The molecule has 30 heavy (non-hydrogen) atoms. The summed E-state index contributed by atoms with van der Waals surface area (Å²) in [5.74, 6) is -5.39. The predicted octanol–water partition coefficient (Wildman–Crippen LogP) is 1.22. The lowest BCUT2D eigenvalue weighted by atomic mass is 9.79. The molecule has 0 bridgehead atoms. The van der Waals surface area contributed by atoms with Gasteiger partial charge in [0, 0.05) is 6.04 Å². The number of nitrogens with zero attached hydrogens (tertiary/aromatic N) is 1.